The fraction of sp³-hybridized carbons (Fsp3) is 0.385. The average molecular weight is 472 g/mol. The quantitative estimate of drug-likeness (QED) is 0.442. The van der Waals surface area contributed by atoms with Crippen LogP contribution in [0.5, 0.6) is 0 Å². The van der Waals surface area contributed by atoms with Gasteiger partial charge >= 0.3 is 0 Å². The zero-order valence-corrected chi connectivity index (χ0v) is 19.9. The zero-order chi connectivity index (χ0) is 23.8. The van der Waals surface area contributed by atoms with Gasteiger partial charge in [-0.2, -0.15) is 5.10 Å². The van der Waals surface area contributed by atoms with Crippen molar-refractivity contribution in [2.24, 2.45) is 0 Å². The van der Waals surface area contributed by atoms with Crippen molar-refractivity contribution in [3.8, 4) is 17.1 Å². The SMILES string of the molecule is Cc1cccc(-c2ccn(-c3cc(N4CCOCC4)c4ncn(C(=O)CN5CCCC5)c4n3)n2)c1. The van der Waals surface area contributed by atoms with Crippen molar-refractivity contribution < 1.29 is 9.53 Å². The highest BCUT2D eigenvalue weighted by Gasteiger charge is 2.23. The largest absolute Gasteiger partial charge is 0.378 e. The Balaban J connectivity index is 1.42. The number of likely N-dealkylation sites (tertiary alicyclic amines) is 1. The number of ether oxygens (including phenoxy) is 1. The van der Waals surface area contributed by atoms with Crippen LogP contribution in [0.15, 0.2) is 48.9 Å². The molecule has 2 saturated heterocycles. The molecule has 0 saturated carbocycles. The van der Waals surface area contributed by atoms with E-state index in [0.717, 1.165) is 61.5 Å². The fourth-order valence-electron chi connectivity index (χ4n) is 4.92. The Morgan fingerprint density at radius 1 is 1.06 bits per heavy atom. The Bertz CT molecular complexity index is 1360. The van der Waals surface area contributed by atoms with E-state index >= 15 is 0 Å². The van der Waals surface area contributed by atoms with Crippen molar-refractivity contribution in [1.29, 1.82) is 0 Å². The number of nitrogens with zero attached hydrogens (tertiary/aromatic N) is 7. The van der Waals surface area contributed by atoms with E-state index in [0.29, 0.717) is 31.2 Å². The molecule has 180 valence electrons. The van der Waals surface area contributed by atoms with Crippen molar-refractivity contribution >= 4 is 22.8 Å². The van der Waals surface area contributed by atoms with E-state index in [1.165, 1.54) is 5.56 Å². The Morgan fingerprint density at radius 3 is 2.69 bits per heavy atom. The summed E-state index contributed by atoms with van der Waals surface area (Å²) in [5.74, 6) is 0.654. The second-order valence-corrected chi connectivity index (χ2v) is 9.28. The second kappa shape index (κ2) is 9.24. The molecule has 0 spiro atoms. The topological polar surface area (TPSA) is 81.3 Å². The number of carbonyl (C=O) groups excluding carboxylic acids is 1. The van der Waals surface area contributed by atoms with E-state index in [4.69, 9.17) is 14.8 Å². The normalized spacial score (nSPS) is 16.9. The number of anilines is 1. The number of fused-ring (bicyclic) bond motifs is 1. The predicted molar refractivity (Wildman–Crippen MR) is 134 cm³/mol. The van der Waals surface area contributed by atoms with Gasteiger partial charge in [-0.05, 0) is 45.0 Å². The molecule has 0 radical (unpaired) electrons. The average Bonchev–Trinajstić information content (AvgIpc) is 3.65. The minimum absolute atomic E-state index is 0.00658. The first-order chi connectivity index (χ1) is 17.2. The van der Waals surface area contributed by atoms with Gasteiger partial charge < -0.3 is 9.64 Å². The highest BCUT2D eigenvalue weighted by molar-refractivity contribution is 5.95. The molecule has 0 unspecified atom stereocenters. The summed E-state index contributed by atoms with van der Waals surface area (Å²) in [6, 6.07) is 12.3. The number of aromatic nitrogens is 5. The molecule has 5 heterocycles. The van der Waals surface area contributed by atoms with Crippen LogP contribution in [0.2, 0.25) is 0 Å². The molecule has 0 N–H and O–H groups in total. The first-order valence-electron chi connectivity index (χ1n) is 12.3. The van der Waals surface area contributed by atoms with Crippen LogP contribution in [0.25, 0.3) is 28.2 Å². The molecule has 6 rings (SSSR count). The summed E-state index contributed by atoms with van der Waals surface area (Å²) in [5, 5.41) is 4.82. The Hall–Kier alpha value is -3.56. The van der Waals surface area contributed by atoms with E-state index in [1.54, 1.807) is 15.6 Å². The highest BCUT2D eigenvalue weighted by atomic mass is 16.5. The molecule has 0 atom stereocenters. The number of benzene rings is 1. The van der Waals surface area contributed by atoms with E-state index in [9.17, 15) is 4.79 Å². The van der Waals surface area contributed by atoms with Gasteiger partial charge in [0.05, 0.1) is 31.1 Å². The maximum Gasteiger partial charge on any atom is 0.247 e. The maximum absolute atomic E-state index is 13.2. The van der Waals surface area contributed by atoms with Crippen LogP contribution in [0.4, 0.5) is 5.69 Å². The minimum atomic E-state index is -0.00658. The van der Waals surface area contributed by atoms with Crippen LogP contribution < -0.4 is 4.90 Å². The molecule has 35 heavy (non-hydrogen) atoms. The molecule has 0 aliphatic carbocycles. The van der Waals surface area contributed by atoms with Crippen molar-refractivity contribution in [1.82, 2.24) is 29.2 Å². The number of aryl methyl sites for hydroxylation is 1. The summed E-state index contributed by atoms with van der Waals surface area (Å²) >= 11 is 0. The van der Waals surface area contributed by atoms with Crippen LogP contribution in [0.3, 0.4) is 0 Å². The van der Waals surface area contributed by atoms with Gasteiger partial charge in [-0.1, -0.05) is 23.8 Å². The van der Waals surface area contributed by atoms with E-state index in [1.807, 2.05) is 24.4 Å². The molecule has 4 aromatic rings. The molecular formula is C26H29N7O2. The summed E-state index contributed by atoms with van der Waals surface area (Å²) in [7, 11) is 0. The van der Waals surface area contributed by atoms with Gasteiger partial charge in [-0.25, -0.2) is 14.6 Å². The third-order valence-corrected chi connectivity index (χ3v) is 6.79. The van der Waals surface area contributed by atoms with Gasteiger partial charge in [0.1, 0.15) is 11.8 Å². The molecule has 2 aliphatic rings. The summed E-state index contributed by atoms with van der Waals surface area (Å²) in [4.78, 5) is 27.2. The minimum Gasteiger partial charge on any atom is -0.378 e. The monoisotopic (exact) mass is 471 g/mol. The number of morpholine rings is 1. The lowest BCUT2D eigenvalue weighted by Crippen LogP contribution is -2.36. The Morgan fingerprint density at radius 2 is 1.89 bits per heavy atom. The first kappa shape index (κ1) is 21.9. The highest BCUT2D eigenvalue weighted by Crippen LogP contribution is 2.29. The van der Waals surface area contributed by atoms with Gasteiger partial charge in [-0.3, -0.25) is 14.3 Å². The molecule has 9 heteroatoms. The lowest BCUT2D eigenvalue weighted by molar-refractivity contribution is 0.0867. The summed E-state index contributed by atoms with van der Waals surface area (Å²) in [5.41, 5.74) is 5.38. The lowest BCUT2D eigenvalue weighted by atomic mass is 10.1. The molecule has 0 bridgehead atoms. The molecule has 2 aliphatic heterocycles. The molecule has 1 aromatic carbocycles. The van der Waals surface area contributed by atoms with Crippen molar-refractivity contribution in [3.63, 3.8) is 0 Å². The number of hydrogen-bond acceptors (Lipinski definition) is 7. The smallest absolute Gasteiger partial charge is 0.247 e. The van der Waals surface area contributed by atoms with E-state index < -0.39 is 0 Å². The van der Waals surface area contributed by atoms with Crippen LogP contribution in [0.1, 0.15) is 23.2 Å². The third-order valence-electron chi connectivity index (χ3n) is 6.79. The van der Waals surface area contributed by atoms with Gasteiger partial charge in [0.25, 0.3) is 0 Å². The van der Waals surface area contributed by atoms with Gasteiger partial charge in [-0.15, -0.1) is 0 Å². The number of carbonyl (C=O) groups is 1. The van der Waals surface area contributed by atoms with E-state index in [-0.39, 0.29) is 5.91 Å². The van der Waals surface area contributed by atoms with Crippen molar-refractivity contribution in [3.05, 3.63) is 54.5 Å². The lowest BCUT2D eigenvalue weighted by Gasteiger charge is -2.29. The van der Waals surface area contributed by atoms with Crippen LogP contribution in [-0.4, -0.2) is 81.1 Å². The summed E-state index contributed by atoms with van der Waals surface area (Å²) in [6.45, 7) is 7.23. The van der Waals surface area contributed by atoms with Crippen molar-refractivity contribution in [2.75, 3.05) is 50.8 Å². The number of hydrogen-bond donors (Lipinski definition) is 0. The standard InChI is InChI=1S/C26H29N7O2/c1-19-5-4-6-20(15-19)21-7-10-33(29-21)23-16-22(31-11-13-35-14-12-31)25-26(28-23)32(18-27-25)24(34)17-30-8-2-3-9-30/h4-7,10,15-16,18H,2-3,8-9,11-14,17H2,1H3. The molecule has 2 fully saturated rings. The maximum atomic E-state index is 13.2. The predicted octanol–water partition coefficient (Wildman–Crippen LogP) is 3.17. The van der Waals surface area contributed by atoms with Crippen LogP contribution in [0, 0.1) is 6.92 Å². The van der Waals surface area contributed by atoms with Crippen LogP contribution >= 0.6 is 0 Å². The molecular weight excluding hydrogens is 442 g/mol. The van der Waals surface area contributed by atoms with Gasteiger partial charge in [0.15, 0.2) is 11.5 Å². The number of pyridine rings is 1. The second-order valence-electron chi connectivity index (χ2n) is 9.28. The van der Waals surface area contributed by atoms with Crippen LogP contribution in [-0.2, 0) is 4.74 Å². The van der Waals surface area contributed by atoms with Gasteiger partial charge in [0, 0.05) is 30.9 Å². The first-order valence-corrected chi connectivity index (χ1v) is 12.3. The summed E-state index contributed by atoms with van der Waals surface area (Å²) in [6.07, 6.45) is 5.82. The Kier molecular flexibility index (Phi) is 5.79. The molecule has 0 amide bonds. The molecule has 3 aromatic heterocycles. The fourth-order valence-corrected chi connectivity index (χ4v) is 4.92. The molecule has 9 nitrogen and oxygen atoms in total. The summed E-state index contributed by atoms with van der Waals surface area (Å²) < 4.78 is 8.95. The van der Waals surface area contributed by atoms with Crippen molar-refractivity contribution in [2.45, 2.75) is 19.8 Å². The Labute approximate surface area is 203 Å². The number of rotatable bonds is 5. The third kappa shape index (κ3) is 4.33. The number of imidazole rings is 1. The van der Waals surface area contributed by atoms with Gasteiger partial charge in [0.2, 0.25) is 5.91 Å². The van der Waals surface area contributed by atoms with E-state index in [2.05, 4.69) is 39.9 Å². The zero-order valence-electron chi connectivity index (χ0n) is 19.9.